The molecule has 0 amide bonds. The van der Waals surface area contributed by atoms with Crippen LogP contribution in [-0.2, 0) is 13.8 Å². The molecule has 1 fully saturated rings. The average Bonchev–Trinajstić information content (AvgIpc) is 2.91. The van der Waals surface area contributed by atoms with Gasteiger partial charge in [-0.15, -0.1) is 0 Å². The first-order valence-electron chi connectivity index (χ1n) is 5.62. The SMILES string of the molecule is O=[N+]([O-])c1ccn([C@H]2C[C@H](O)[C@@H](COP(=O)(O)O)O2)c1. The molecule has 10 nitrogen and oxygen atoms in total. The van der Waals surface area contributed by atoms with Crippen LogP contribution >= 0.6 is 7.82 Å². The van der Waals surface area contributed by atoms with E-state index < -0.39 is 37.8 Å². The second kappa shape index (κ2) is 5.60. The lowest BCUT2D eigenvalue weighted by molar-refractivity contribution is -0.384. The van der Waals surface area contributed by atoms with Crippen LogP contribution < -0.4 is 0 Å². The van der Waals surface area contributed by atoms with Crippen LogP contribution in [0, 0.1) is 10.1 Å². The second-order valence-corrected chi connectivity index (χ2v) is 5.53. The number of aliphatic hydroxyl groups is 1. The average molecular weight is 308 g/mol. The zero-order valence-corrected chi connectivity index (χ0v) is 11.0. The molecule has 0 bridgehead atoms. The summed E-state index contributed by atoms with van der Waals surface area (Å²) in [7, 11) is -4.63. The molecule has 0 unspecified atom stereocenters. The molecule has 1 aliphatic rings. The van der Waals surface area contributed by atoms with Crippen molar-refractivity contribution in [3.8, 4) is 0 Å². The van der Waals surface area contributed by atoms with Gasteiger partial charge in [-0.25, -0.2) is 4.57 Å². The molecule has 0 radical (unpaired) electrons. The summed E-state index contributed by atoms with van der Waals surface area (Å²) >= 11 is 0. The van der Waals surface area contributed by atoms with Crippen LogP contribution in [0.25, 0.3) is 0 Å². The molecule has 11 heteroatoms. The number of nitro groups is 1. The molecule has 2 heterocycles. The summed E-state index contributed by atoms with van der Waals surface area (Å²) in [5.74, 6) is 0. The van der Waals surface area contributed by atoms with Gasteiger partial charge in [-0.1, -0.05) is 0 Å². The van der Waals surface area contributed by atoms with E-state index in [1.165, 1.54) is 23.0 Å². The van der Waals surface area contributed by atoms with Gasteiger partial charge in [0.25, 0.3) is 5.69 Å². The van der Waals surface area contributed by atoms with Gasteiger partial charge < -0.3 is 24.2 Å². The molecule has 112 valence electrons. The van der Waals surface area contributed by atoms with Crippen LogP contribution in [0.5, 0.6) is 0 Å². The Hall–Kier alpha value is -1.29. The molecule has 0 saturated carbocycles. The van der Waals surface area contributed by atoms with Gasteiger partial charge in [0.15, 0.2) is 0 Å². The second-order valence-electron chi connectivity index (χ2n) is 4.29. The Morgan fingerprint density at radius 1 is 1.60 bits per heavy atom. The highest BCUT2D eigenvalue weighted by atomic mass is 31.2. The molecule has 20 heavy (non-hydrogen) atoms. The minimum atomic E-state index is -4.63. The number of aromatic nitrogens is 1. The smallest absolute Gasteiger partial charge is 0.390 e. The molecule has 2 rings (SSSR count). The van der Waals surface area contributed by atoms with Crippen LogP contribution in [0.15, 0.2) is 18.5 Å². The number of aliphatic hydroxyl groups excluding tert-OH is 1. The Balaban J connectivity index is 1.98. The number of ether oxygens (including phenoxy) is 1. The van der Waals surface area contributed by atoms with Gasteiger partial charge in [-0.05, 0) is 0 Å². The van der Waals surface area contributed by atoms with Gasteiger partial charge in [0, 0.05) is 18.7 Å². The van der Waals surface area contributed by atoms with Crippen molar-refractivity contribution in [3.63, 3.8) is 0 Å². The van der Waals surface area contributed by atoms with Crippen molar-refractivity contribution in [2.75, 3.05) is 6.61 Å². The van der Waals surface area contributed by atoms with Gasteiger partial charge in [-0.2, -0.15) is 0 Å². The lowest BCUT2D eigenvalue weighted by Gasteiger charge is -2.15. The first-order valence-corrected chi connectivity index (χ1v) is 7.15. The first-order chi connectivity index (χ1) is 9.26. The Bertz CT molecular complexity index is 540. The van der Waals surface area contributed by atoms with Crippen molar-refractivity contribution < 1.29 is 33.6 Å². The summed E-state index contributed by atoms with van der Waals surface area (Å²) < 4.78 is 21.6. The molecular formula is C9H13N2O8P. The minimum Gasteiger partial charge on any atom is -0.390 e. The monoisotopic (exact) mass is 308 g/mol. The van der Waals surface area contributed by atoms with E-state index in [2.05, 4.69) is 4.52 Å². The molecule has 1 saturated heterocycles. The summed E-state index contributed by atoms with van der Waals surface area (Å²) in [5.41, 5.74) is -0.113. The molecule has 1 aromatic rings. The zero-order valence-electron chi connectivity index (χ0n) is 10.1. The standard InChI is InChI=1S/C9H13N2O8P/c12-7-3-9(10-2-1-6(4-10)11(13)14)19-8(7)5-18-20(15,16)17/h1-2,4,7-9,12H,3,5H2,(H2,15,16,17)/t7-,8+,9+/m0/s1. The van der Waals surface area contributed by atoms with Gasteiger partial charge in [0.05, 0.1) is 23.8 Å². The summed E-state index contributed by atoms with van der Waals surface area (Å²) in [4.78, 5) is 27.2. The number of nitrogens with zero attached hydrogens (tertiary/aromatic N) is 2. The fourth-order valence-electron chi connectivity index (χ4n) is 1.91. The lowest BCUT2D eigenvalue weighted by Crippen LogP contribution is -2.25. The molecule has 3 N–H and O–H groups in total. The summed E-state index contributed by atoms with van der Waals surface area (Å²) in [5, 5.41) is 20.3. The Morgan fingerprint density at radius 2 is 2.30 bits per heavy atom. The molecular weight excluding hydrogens is 295 g/mol. The van der Waals surface area contributed by atoms with Crippen molar-refractivity contribution >= 4 is 13.5 Å². The molecule has 0 spiro atoms. The Morgan fingerprint density at radius 3 is 2.85 bits per heavy atom. The highest BCUT2D eigenvalue weighted by molar-refractivity contribution is 7.46. The minimum absolute atomic E-state index is 0.113. The van der Waals surface area contributed by atoms with E-state index in [0.717, 1.165) is 0 Å². The third-order valence-corrected chi connectivity index (χ3v) is 3.34. The third kappa shape index (κ3) is 3.63. The van der Waals surface area contributed by atoms with Gasteiger partial charge in [-0.3, -0.25) is 14.6 Å². The summed E-state index contributed by atoms with van der Waals surface area (Å²) in [6, 6.07) is 1.29. The van der Waals surface area contributed by atoms with Crippen LogP contribution in [0.2, 0.25) is 0 Å². The lowest BCUT2D eigenvalue weighted by atomic mass is 10.2. The summed E-state index contributed by atoms with van der Waals surface area (Å²) in [6.45, 7) is -0.467. The fraction of sp³-hybridized carbons (Fsp3) is 0.556. The van der Waals surface area contributed by atoms with Crippen molar-refractivity contribution in [2.45, 2.75) is 24.9 Å². The normalized spacial score (nSPS) is 26.9. The van der Waals surface area contributed by atoms with E-state index in [1.54, 1.807) is 0 Å². The predicted octanol–water partition coefficient (Wildman–Crippen LogP) is 0.154. The van der Waals surface area contributed by atoms with Crippen molar-refractivity contribution in [3.05, 3.63) is 28.6 Å². The van der Waals surface area contributed by atoms with E-state index in [-0.39, 0.29) is 12.1 Å². The first kappa shape index (κ1) is 15.1. The van der Waals surface area contributed by atoms with E-state index in [4.69, 9.17) is 14.5 Å². The molecule has 0 aliphatic carbocycles. The topological polar surface area (TPSA) is 144 Å². The van der Waals surface area contributed by atoms with Crippen LogP contribution in [0.3, 0.4) is 0 Å². The maximum Gasteiger partial charge on any atom is 0.469 e. The van der Waals surface area contributed by atoms with Gasteiger partial charge in [0.2, 0.25) is 0 Å². The largest absolute Gasteiger partial charge is 0.469 e. The molecule has 0 aromatic carbocycles. The van der Waals surface area contributed by atoms with Crippen molar-refractivity contribution in [1.29, 1.82) is 0 Å². The third-order valence-electron chi connectivity index (χ3n) is 2.85. The van der Waals surface area contributed by atoms with Crippen molar-refractivity contribution in [2.24, 2.45) is 0 Å². The summed E-state index contributed by atoms with van der Waals surface area (Å²) in [6.07, 6.45) is 0.290. The maximum atomic E-state index is 10.6. The van der Waals surface area contributed by atoms with E-state index in [1.807, 2.05) is 0 Å². The van der Waals surface area contributed by atoms with E-state index in [0.29, 0.717) is 0 Å². The molecule has 3 atom stereocenters. The van der Waals surface area contributed by atoms with Crippen LogP contribution in [-0.4, -0.2) is 43.2 Å². The van der Waals surface area contributed by atoms with Crippen LogP contribution in [0.4, 0.5) is 5.69 Å². The quantitative estimate of drug-likeness (QED) is 0.396. The van der Waals surface area contributed by atoms with E-state index in [9.17, 15) is 19.8 Å². The fourth-order valence-corrected chi connectivity index (χ4v) is 2.25. The number of hydrogen-bond donors (Lipinski definition) is 3. The maximum absolute atomic E-state index is 10.6. The zero-order chi connectivity index (χ0) is 14.9. The highest BCUT2D eigenvalue weighted by Crippen LogP contribution is 2.38. The van der Waals surface area contributed by atoms with Gasteiger partial charge >= 0.3 is 7.82 Å². The number of rotatable bonds is 5. The van der Waals surface area contributed by atoms with Gasteiger partial charge in [0.1, 0.15) is 12.3 Å². The van der Waals surface area contributed by atoms with E-state index >= 15 is 0 Å². The number of phosphoric ester groups is 1. The predicted molar refractivity (Wildman–Crippen MR) is 63.6 cm³/mol. The van der Waals surface area contributed by atoms with Crippen molar-refractivity contribution in [1.82, 2.24) is 4.57 Å². The molecule has 1 aliphatic heterocycles. The molecule has 1 aromatic heterocycles. The number of hydrogen-bond acceptors (Lipinski definition) is 6. The highest BCUT2D eigenvalue weighted by Gasteiger charge is 2.36. The Kier molecular flexibility index (Phi) is 4.23. The van der Waals surface area contributed by atoms with Crippen LogP contribution in [0.1, 0.15) is 12.6 Å². The Labute approximate surface area is 112 Å². The number of phosphoric acid groups is 1.